The first-order valence-electron chi connectivity index (χ1n) is 11.1. The van der Waals surface area contributed by atoms with Gasteiger partial charge in [-0.2, -0.15) is 5.26 Å². The molecule has 0 amide bonds. The predicted molar refractivity (Wildman–Crippen MR) is 143 cm³/mol. The van der Waals surface area contributed by atoms with E-state index in [1.165, 1.54) is 17.4 Å². The lowest BCUT2D eigenvalue weighted by atomic mass is 10.1. The van der Waals surface area contributed by atoms with Gasteiger partial charge in [0.25, 0.3) is 0 Å². The number of thiophene rings is 1. The largest absolute Gasteiger partial charge is 0.477 e. The molecule has 0 aromatic carbocycles. The van der Waals surface area contributed by atoms with Gasteiger partial charge in [0.1, 0.15) is 11.6 Å². The Morgan fingerprint density at radius 3 is 1.92 bits per heavy atom. The highest BCUT2D eigenvalue weighted by molar-refractivity contribution is 7.16. The fourth-order valence-corrected chi connectivity index (χ4v) is 5.12. The zero-order chi connectivity index (χ0) is 24.6. The number of H-pyrrole nitrogens is 2. The van der Waals surface area contributed by atoms with Gasteiger partial charge >= 0.3 is 5.97 Å². The number of hydrogen-bond acceptors (Lipinski definition) is 5. The molecule has 8 bridgehead atoms. The molecule has 3 N–H and O–H groups in total. The average molecular weight is 488 g/mol. The van der Waals surface area contributed by atoms with Crippen molar-refractivity contribution < 1.29 is 9.90 Å². The standard InChI is InChI=1S/C28H17N5O2S/c29-15-16(28(34)35)11-23-7-10-26(36-23)27-24-8-5-21(32-24)13-19-3-1-17(30-19)12-18-2-4-20(31-18)14-22-6-9-25(27)33-22/h1-14,30-31H,(H,34,35)/b16-11+,17-12?,18-12?,19-13?,20-14?,21-13?,22-14?,27-24?,27-25?. The molecule has 4 aromatic rings. The molecule has 7 nitrogen and oxygen atoms in total. The van der Waals surface area contributed by atoms with E-state index >= 15 is 0 Å². The average Bonchev–Trinajstić information content (AvgIpc) is 3.67. The number of carboxylic acids is 1. The fraction of sp³-hybridized carbons (Fsp3) is 0. The third kappa shape index (κ3) is 4.15. The van der Waals surface area contributed by atoms with Gasteiger partial charge in [0.05, 0.1) is 22.8 Å². The normalized spacial score (nSPS) is 12.6. The number of aromatic nitrogens is 4. The molecule has 6 rings (SSSR count). The van der Waals surface area contributed by atoms with Crippen molar-refractivity contribution in [3.8, 4) is 16.5 Å². The van der Waals surface area contributed by atoms with Crippen LogP contribution in [-0.4, -0.2) is 31.0 Å². The van der Waals surface area contributed by atoms with Crippen LogP contribution < -0.4 is 0 Å². The van der Waals surface area contributed by atoms with E-state index in [2.05, 4.69) is 9.97 Å². The van der Waals surface area contributed by atoms with Crippen molar-refractivity contribution in [1.82, 2.24) is 19.9 Å². The molecule has 0 aliphatic carbocycles. The van der Waals surface area contributed by atoms with Crippen LogP contribution in [0.25, 0.3) is 62.9 Å². The number of fused-ring (bicyclic) bond motifs is 8. The van der Waals surface area contributed by atoms with Crippen LogP contribution in [0.1, 0.15) is 27.7 Å². The fourth-order valence-electron chi connectivity index (χ4n) is 4.11. The van der Waals surface area contributed by atoms with Crippen molar-refractivity contribution in [2.24, 2.45) is 0 Å². The number of aromatic amines is 2. The summed E-state index contributed by atoms with van der Waals surface area (Å²) < 4.78 is 0. The van der Waals surface area contributed by atoms with E-state index in [0.29, 0.717) is 4.88 Å². The van der Waals surface area contributed by atoms with E-state index in [1.54, 1.807) is 12.1 Å². The third-order valence-corrected chi connectivity index (χ3v) is 6.78. The highest BCUT2D eigenvalue weighted by Gasteiger charge is 2.16. The summed E-state index contributed by atoms with van der Waals surface area (Å²) in [6, 6.07) is 19.5. The lowest BCUT2D eigenvalue weighted by Crippen LogP contribution is -1.96. The lowest BCUT2D eigenvalue weighted by Gasteiger charge is -2.01. The van der Waals surface area contributed by atoms with Crippen molar-refractivity contribution in [2.45, 2.75) is 0 Å². The van der Waals surface area contributed by atoms with E-state index in [9.17, 15) is 9.90 Å². The summed E-state index contributed by atoms with van der Waals surface area (Å²) in [6.45, 7) is 0. The Bertz CT molecular complexity index is 1750. The van der Waals surface area contributed by atoms with Gasteiger partial charge in [0.15, 0.2) is 0 Å². The molecule has 6 heterocycles. The Morgan fingerprint density at radius 2 is 1.39 bits per heavy atom. The van der Waals surface area contributed by atoms with Crippen LogP contribution in [-0.2, 0) is 4.79 Å². The highest BCUT2D eigenvalue weighted by Crippen LogP contribution is 2.36. The maximum Gasteiger partial charge on any atom is 0.346 e. The van der Waals surface area contributed by atoms with E-state index in [4.69, 9.17) is 15.2 Å². The van der Waals surface area contributed by atoms with Crippen LogP contribution in [0.15, 0.2) is 60.2 Å². The summed E-state index contributed by atoms with van der Waals surface area (Å²) >= 11 is 1.39. The number of carboxylic acid groups (broad SMARTS) is 1. The zero-order valence-corrected chi connectivity index (χ0v) is 19.5. The zero-order valence-electron chi connectivity index (χ0n) is 18.7. The topological polar surface area (TPSA) is 118 Å². The van der Waals surface area contributed by atoms with Crippen LogP contribution in [0.3, 0.4) is 0 Å². The Labute approximate surface area is 209 Å². The molecule has 0 atom stereocenters. The van der Waals surface area contributed by atoms with Crippen LogP contribution in [0, 0.1) is 11.3 Å². The molecule has 0 unspecified atom stereocenters. The van der Waals surface area contributed by atoms with Crippen molar-refractivity contribution in [1.29, 1.82) is 5.26 Å². The molecular weight excluding hydrogens is 470 g/mol. The highest BCUT2D eigenvalue weighted by atomic mass is 32.1. The predicted octanol–water partition coefficient (Wildman–Crippen LogP) is 6.38. The number of aliphatic carboxylic acids is 1. The van der Waals surface area contributed by atoms with Crippen LogP contribution >= 0.6 is 11.3 Å². The molecule has 4 aromatic heterocycles. The van der Waals surface area contributed by atoms with Crippen molar-refractivity contribution in [3.05, 3.63) is 87.8 Å². The van der Waals surface area contributed by atoms with E-state index in [1.807, 2.05) is 72.8 Å². The van der Waals surface area contributed by atoms with E-state index in [-0.39, 0.29) is 5.57 Å². The molecule has 0 saturated heterocycles. The van der Waals surface area contributed by atoms with Crippen molar-refractivity contribution in [2.75, 3.05) is 0 Å². The first-order valence-corrected chi connectivity index (χ1v) is 11.9. The molecule has 0 saturated carbocycles. The summed E-state index contributed by atoms with van der Waals surface area (Å²) in [5.41, 5.74) is 7.48. The maximum atomic E-state index is 11.3. The number of hydrogen-bond donors (Lipinski definition) is 3. The number of nitrogens with one attached hydrogen (secondary N) is 2. The second-order valence-electron chi connectivity index (χ2n) is 8.23. The van der Waals surface area contributed by atoms with Gasteiger partial charge in [0, 0.05) is 37.4 Å². The van der Waals surface area contributed by atoms with Gasteiger partial charge in [-0.3, -0.25) is 0 Å². The van der Waals surface area contributed by atoms with E-state index in [0.717, 1.165) is 55.3 Å². The summed E-state index contributed by atoms with van der Waals surface area (Å²) in [4.78, 5) is 29.3. The monoisotopic (exact) mass is 487 g/mol. The van der Waals surface area contributed by atoms with E-state index < -0.39 is 5.97 Å². The number of nitriles is 1. The molecular formula is C28H17N5O2S. The molecule has 8 heteroatoms. The Hall–Kier alpha value is -5.00. The smallest absolute Gasteiger partial charge is 0.346 e. The lowest BCUT2D eigenvalue weighted by molar-refractivity contribution is -0.132. The summed E-state index contributed by atoms with van der Waals surface area (Å²) in [5.74, 6) is -1.25. The molecule has 0 spiro atoms. The minimum atomic E-state index is -1.25. The maximum absolute atomic E-state index is 11.3. The minimum absolute atomic E-state index is 0.314. The molecule has 2 aliphatic heterocycles. The van der Waals surface area contributed by atoms with Crippen molar-refractivity contribution >= 4 is 69.8 Å². The second-order valence-corrected chi connectivity index (χ2v) is 9.35. The van der Waals surface area contributed by atoms with Gasteiger partial charge in [-0.25, -0.2) is 14.8 Å². The van der Waals surface area contributed by atoms with Gasteiger partial charge in [-0.15, -0.1) is 11.3 Å². The van der Waals surface area contributed by atoms with Gasteiger partial charge in [-0.05, 0) is 85.0 Å². The minimum Gasteiger partial charge on any atom is -0.477 e. The number of rotatable bonds is 3. The Kier molecular flexibility index (Phi) is 5.17. The van der Waals surface area contributed by atoms with Crippen LogP contribution in [0.2, 0.25) is 0 Å². The quantitative estimate of drug-likeness (QED) is 0.198. The summed E-state index contributed by atoms with van der Waals surface area (Å²) in [5, 5.41) is 18.4. The van der Waals surface area contributed by atoms with Crippen LogP contribution in [0.5, 0.6) is 0 Å². The molecule has 172 valence electrons. The molecule has 36 heavy (non-hydrogen) atoms. The van der Waals surface area contributed by atoms with Gasteiger partial charge in [-0.1, -0.05) is 0 Å². The van der Waals surface area contributed by atoms with Gasteiger partial charge in [0.2, 0.25) is 0 Å². The number of nitrogens with zero attached hydrogens (tertiary/aromatic N) is 3. The number of carbonyl (C=O) groups is 1. The van der Waals surface area contributed by atoms with Crippen LogP contribution in [0.4, 0.5) is 0 Å². The Balaban J connectivity index is 1.62. The van der Waals surface area contributed by atoms with Gasteiger partial charge < -0.3 is 15.1 Å². The first kappa shape index (κ1) is 21.5. The molecule has 2 aliphatic rings. The summed E-state index contributed by atoms with van der Waals surface area (Å²) in [6.07, 6.45) is 9.20. The third-order valence-electron chi connectivity index (χ3n) is 5.73. The SMILES string of the molecule is N#C/C(=C\c1ccc(-c2c3nc(cc4ccc(cc5ccc(cc6nc2C=C6)[nH]5)[nH]4)C=C3)s1)C(=O)O. The molecule has 0 radical (unpaired) electrons. The second kappa shape index (κ2) is 8.65. The summed E-state index contributed by atoms with van der Waals surface area (Å²) in [7, 11) is 0. The first-order chi connectivity index (χ1) is 17.5. The molecule has 0 fully saturated rings. The van der Waals surface area contributed by atoms with Crippen molar-refractivity contribution in [3.63, 3.8) is 0 Å². The Morgan fingerprint density at radius 1 is 0.833 bits per heavy atom.